The van der Waals surface area contributed by atoms with Gasteiger partial charge >= 0.3 is 0 Å². The van der Waals surface area contributed by atoms with Crippen molar-refractivity contribution in [1.29, 1.82) is 0 Å². The molecule has 7 heteroatoms. The van der Waals surface area contributed by atoms with Crippen LogP contribution >= 0.6 is 0 Å². The van der Waals surface area contributed by atoms with Crippen molar-refractivity contribution in [3.8, 4) is 0 Å². The van der Waals surface area contributed by atoms with Gasteiger partial charge in [-0.25, -0.2) is 13.2 Å². The minimum atomic E-state index is -1.60. The van der Waals surface area contributed by atoms with Crippen LogP contribution in [0.1, 0.15) is 21.8 Å². The van der Waals surface area contributed by atoms with Crippen LogP contribution in [0, 0.1) is 24.4 Å². The van der Waals surface area contributed by atoms with Gasteiger partial charge in [-0.3, -0.25) is 4.79 Å². The third-order valence-corrected chi connectivity index (χ3v) is 2.65. The van der Waals surface area contributed by atoms with Gasteiger partial charge in [-0.15, -0.1) is 0 Å². The predicted octanol–water partition coefficient (Wildman–Crippen LogP) is 2.67. The fourth-order valence-electron chi connectivity index (χ4n) is 1.71. The highest BCUT2D eigenvalue weighted by atomic mass is 19.2. The fourth-order valence-corrected chi connectivity index (χ4v) is 1.71. The Morgan fingerprint density at radius 3 is 2.35 bits per heavy atom. The van der Waals surface area contributed by atoms with Gasteiger partial charge in [-0.05, 0) is 19.1 Å². The van der Waals surface area contributed by atoms with E-state index >= 15 is 0 Å². The quantitative estimate of drug-likeness (QED) is 0.814. The average molecular weight is 284 g/mol. The molecular formula is C13H11F3N2O2. The van der Waals surface area contributed by atoms with Crippen molar-refractivity contribution < 1.29 is 22.5 Å². The highest BCUT2D eigenvalue weighted by Crippen LogP contribution is 2.16. The SMILES string of the molecule is Cc1cc(CN(C)C(=O)c2cc(F)c(F)c(F)c2)no1. The summed E-state index contributed by atoms with van der Waals surface area (Å²) in [6, 6.07) is 2.95. The molecule has 0 aliphatic heterocycles. The summed E-state index contributed by atoms with van der Waals surface area (Å²) in [4.78, 5) is 13.2. The molecule has 0 saturated carbocycles. The molecule has 0 spiro atoms. The summed E-state index contributed by atoms with van der Waals surface area (Å²) in [5, 5.41) is 3.70. The number of rotatable bonds is 3. The second kappa shape index (κ2) is 5.36. The molecule has 106 valence electrons. The van der Waals surface area contributed by atoms with Crippen molar-refractivity contribution in [3.63, 3.8) is 0 Å². The summed E-state index contributed by atoms with van der Waals surface area (Å²) in [5.41, 5.74) is 0.227. The molecular weight excluding hydrogens is 273 g/mol. The van der Waals surface area contributed by atoms with Gasteiger partial charge in [-0.1, -0.05) is 5.16 Å². The van der Waals surface area contributed by atoms with Gasteiger partial charge in [-0.2, -0.15) is 0 Å². The highest BCUT2D eigenvalue weighted by Gasteiger charge is 2.18. The number of amides is 1. The summed E-state index contributed by atoms with van der Waals surface area (Å²) in [7, 11) is 1.44. The molecule has 1 heterocycles. The number of hydrogen-bond donors (Lipinski definition) is 0. The lowest BCUT2D eigenvalue weighted by molar-refractivity contribution is 0.0781. The number of hydrogen-bond acceptors (Lipinski definition) is 3. The van der Waals surface area contributed by atoms with Gasteiger partial charge in [0.1, 0.15) is 11.5 Å². The molecule has 1 aromatic carbocycles. The Balaban J connectivity index is 2.18. The van der Waals surface area contributed by atoms with Crippen LogP contribution in [-0.4, -0.2) is 23.0 Å². The molecule has 0 N–H and O–H groups in total. The molecule has 1 amide bonds. The third kappa shape index (κ3) is 2.81. The molecule has 4 nitrogen and oxygen atoms in total. The van der Waals surface area contributed by atoms with Crippen LogP contribution in [0.25, 0.3) is 0 Å². The second-order valence-electron chi connectivity index (χ2n) is 4.34. The summed E-state index contributed by atoms with van der Waals surface area (Å²) in [6.45, 7) is 1.81. The smallest absolute Gasteiger partial charge is 0.254 e. The third-order valence-electron chi connectivity index (χ3n) is 2.65. The Hall–Kier alpha value is -2.31. The minimum Gasteiger partial charge on any atom is -0.361 e. The van der Waals surface area contributed by atoms with Gasteiger partial charge in [0, 0.05) is 18.7 Å². The van der Waals surface area contributed by atoms with Gasteiger partial charge in [0.2, 0.25) is 0 Å². The molecule has 0 radical (unpaired) electrons. The van der Waals surface area contributed by atoms with Crippen LogP contribution < -0.4 is 0 Å². The van der Waals surface area contributed by atoms with Crippen LogP contribution in [-0.2, 0) is 6.54 Å². The number of benzene rings is 1. The van der Waals surface area contributed by atoms with Crippen LogP contribution in [0.3, 0.4) is 0 Å². The lowest BCUT2D eigenvalue weighted by Crippen LogP contribution is -2.26. The number of halogens is 3. The number of carbonyl (C=O) groups is 1. The predicted molar refractivity (Wildman–Crippen MR) is 63.4 cm³/mol. The van der Waals surface area contributed by atoms with E-state index in [1.54, 1.807) is 13.0 Å². The molecule has 0 bridgehead atoms. The van der Waals surface area contributed by atoms with E-state index in [1.807, 2.05) is 0 Å². The maximum atomic E-state index is 13.1. The number of aryl methyl sites for hydroxylation is 1. The van der Waals surface area contributed by atoms with Crippen molar-refractivity contribution in [2.45, 2.75) is 13.5 Å². The molecule has 0 aliphatic carbocycles. The van der Waals surface area contributed by atoms with Crippen molar-refractivity contribution in [2.75, 3.05) is 7.05 Å². The van der Waals surface area contributed by atoms with E-state index in [0.717, 1.165) is 0 Å². The van der Waals surface area contributed by atoms with Crippen molar-refractivity contribution in [1.82, 2.24) is 10.1 Å². The standard InChI is InChI=1S/C13H11F3N2O2/c1-7-3-9(17-20-7)6-18(2)13(19)8-4-10(14)12(16)11(15)5-8/h3-5H,6H2,1-2H3. The lowest BCUT2D eigenvalue weighted by atomic mass is 10.1. The molecule has 2 rings (SSSR count). The number of carbonyl (C=O) groups excluding carboxylic acids is 1. The Morgan fingerprint density at radius 2 is 1.85 bits per heavy atom. The molecule has 0 atom stereocenters. The van der Waals surface area contributed by atoms with E-state index in [-0.39, 0.29) is 12.1 Å². The largest absolute Gasteiger partial charge is 0.361 e. The van der Waals surface area contributed by atoms with Gasteiger partial charge in [0.15, 0.2) is 17.5 Å². The van der Waals surface area contributed by atoms with Crippen LogP contribution in [0.2, 0.25) is 0 Å². The van der Waals surface area contributed by atoms with Gasteiger partial charge in [0.05, 0.1) is 6.54 Å². The van der Waals surface area contributed by atoms with E-state index < -0.39 is 23.4 Å². The summed E-state index contributed by atoms with van der Waals surface area (Å²) in [6.07, 6.45) is 0. The van der Waals surface area contributed by atoms with Crippen LogP contribution in [0.5, 0.6) is 0 Å². The summed E-state index contributed by atoms with van der Waals surface area (Å²) < 4.78 is 43.8. The summed E-state index contributed by atoms with van der Waals surface area (Å²) >= 11 is 0. The number of nitrogens with zero attached hydrogens (tertiary/aromatic N) is 2. The monoisotopic (exact) mass is 284 g/mol. The molecule has 20 heavy (non-hydrogen) atoms. The average Bonchev–Trinajstić information content (AvgIpc) is 2.79. The lowest BCUT2D eigenvalue weighted by Gasteiger charge is -2.15. The van der Waals surface area contributed by atoms with Gasteiger partial charge in [0.25, 0.3) is 5.91 Å². The number of aromatic nitrogens is 1. The molecule has 0 fully saturated rings. The summed E-state index contributed by atoms with van der Waals surface area (Å²) in [5.74, 6) is -4.47. The van der Waals surface area contributed by atoms with E-state index in [0.29, 0.717) is 23.6 Å². The maximum absolute atomic E-state index is 13.1. The zero-order valence-electron chi connectivity index (χ0n) is 10.8. The topological polar surface area (TPSA) is 46.3 Å². The zero-order chi connectivity index (χ0) is 14.9. The first-order valence-corrected chi connectivity index (χ1v) is 5.70. The molecule has 0 unspecified atom stereocenters. The first-order chi connectivity index (χ1) is 9.38. The normalized spacial score (nSPS) is 10.7. The Bertz CT molecular complexity index is 632. The van der Waals surface area contributed by atoms with E-state index in [9.17, 15) is 18.0 Å². The maximum Gasteiger partial charge on any atom is 0.254 e. The Kier molecular flexibility index (Phi) is 3.78. The second-order valence-corrected chi connectivity index (χ2v) is 4.34. The molecule has 2 aromatic rings. The van der Waals surface area contributed by atoms with Gasteiger partial charge < -0.3 is 9.42 Å². The van der Waals surface area contributed by atoms with E-state index in [2.05, 4.69) is 5.16 Å². The highest BCUT2D eigenvalue weighted by molar-refractivity contribution is 5.94. The van der Waals surface area contributed by atoms with Crippen molar-refractivity contribution in [2.24, 2.45) is 0 Å². The first-order valence-electron chi connectivity index (χ1n) is 5.70. The molecule has 0 saturated heterocycles. The van der Waals surface area contributed by atoms with Crippen LogP contribution in [0.4, 0.5) is 13.2 Å². The first kappa shape index (κ1) is 14.1. The fraction of sp³-hybridized carbons (Fsp3) is 0.231. The van der Waals surface area contributed by atoms with E-state index in [1.165, 1.54) is 11.9 Å². The van der Waals surface area contributed by atoms with Crippen LogP contribution in [0.15, 0.2) is 22.7 Å². The zero-order valence-corrected chi connectivity index (χ0v) is 10.8. The Labute approximate surface area is 112 Å². The van der Waals surface area contributed by atoms with E-state index in [4.69, 9.17) is 4.52 Å². The van der Waals surface area contributed by atoms with Crippen molar-refractivity contribution >= 4 is 5.91 Å². The van der Waals surface area contributed by atoms with Crippen molar-refractivity contribution in [3.05, 3.63) is 52.7 Å². The Morgan fingerprint density at radius 1 is 1.25 bits per heavy atom. The molecule has 1 aromatic heterocycles. The molecule has 0 aliphatic rings. The minimum absolute atomic E-state index is 0.108.